The van der Waals surface area contributed by atoms with E-state index in [2.05, 4.69) is 8.37 Å². The maximum atomic E-state index is 12.0. The second kappa shape index (κ2) is 15.1. The third-order valence-electron chi connectivity index (χ3n) is 6.06. The van der Waals surface area contributed by atoms with Gasteiger partial charge in [-0.05, 0) is 50.4 Å². The zero-order valence-electron chi connectivity index (χ0n) is 20.7. The Labute approximate surface area is 210 Å². The van der Waals surface area contributed by atoms with Gasteiger partial charge in [0.1, 0.15) is 0 Å². The van der Waals surface area contributed by atoms with Crippen molar-refractivity contribution in [3.63, 3.8) is 0 Å². The molecule has 12 nitrogen and oxygen atoms in total. The molecule has 0 aliphatic rings. The molecule has 16 heteroatoms. The molecule has 0 spiro atoms. The zero-order chi connectivity index (χ0) is 27.5. The molecule has 0 saturated carbocycles. The Hall–Kier alpha value is -0.360. The lowest BCUT2D eigenvalue weighted by molar-refractivity contribution is 0.132. The Morgan fingerprint density at radius 3 is 1.11 bits per heavy atom. The van der Waals surface area contributed by atoms with Crippen molar-refractivity contribution in [1.29, 1.82) is 0 Å². The van der Waals surface area contributed by atoms with Crippen LogP contribution >= 0.6 is 0 Å². The van der Waals surface area contributed by atoms with Gasteiger partial charge >= 0.3 is 0 Å². The van der Waals surface area contributed by atoms with Crippen LogP contribution in [0.4, 0.5) is 0 Å². The van der Waals surface area contributed by atoms with Crippen molar-refractivity contribution in [2.24, 2.45) is 11.8 Å². The molecular formula is C19H40O12S4. The first kappa shape index (κ1) is 34.6. The Kier molecular flexibility index (Phi) is 15.0. The predicted octanol–water partition coefficient (Wildman–Crippen LogP) is 2.58. The summed E-state index contributed by atoms with van der Waals surface area (Å²) >= 11 is 0. The van der Waals surface area contributed by atoms with E-state index in [0.29, 0.717) is 12.8 Å². The molecule has 0 aromatic rings. The van der Waals surface area contributed by atoms with Crippen LogP contribution in [0.25, 0.3) is 0 Å². The van der Waals surface area contributed by atoms with Gasteiger partial charge in [-0.25, -0.2) is 8.37 Å². The van der Waals surface area contributed by atoms with Crippen molar-refractivity contribution >= 4 is 40.5 Å². The van der Waals surface area contributed by atoms with Crippen LogP contribution in [0, 0.1) is 11.8 Å². The molecule has 0 aliphatic heterocycles. The van der Waals surface area contributed by atoms with Gasteiger partial charge in [0.2, 0.25) is 0 Å². The molecule has 0 aromatic carbocycles. The highest BCUT2D eigenvalue weighted by Crippen LogP contribution is 2.25. The second-order valence-corrected chi connectivity index (χ2v) is 15.2. The summed E-state index contributed by atoms with van der Waals surface area (Å²) in [6.07, 6.45) is 1.70. The molecule has 0 radical (unpaired) electrons. The van der Waals surface area contributed by atoms with E-state index in [9.17, 15) is 42.8 Å². The van der Waals surface area contributed by atoms with Crippen molar-refractivity contribution in [3.8, 4) is 0 Å². The van der Waals surface area contributed by atoms with Crippen molar-refractivity contribution in [1.82, 2.24) is 0 Å². The number of hydrogen-bond acceptors (Lipinski definition) is 10. The van der Waals surface area contributed by atoms with Crippen LogP contribution in [-0.2, 0) is 48.8 Å². The van der Waals surface area contributed by atoms with Crippen LogP contribution < -0.4 is 0 Å². The van der Waals surface area contributed by atoms with Gasteiger partial charge in [0.05, 0.1) is 22.0 Å². The summed E-state index contributed by atoms with van der Waals surface area (Å²) in [5.41, 5.74) is 0. The van der Waals surface area contributed by atoms with Crippen LogP contribution in [0.1, 0.15) is 79.1 Å². The predicted molar refractivity (Wildman–Crippen MR) is 132 cm³/mol. The fourth-order valence-electron chi connectivity index (χ4n) is 4.21. The van der Waals surface area contributed by atoms with E-state index in [-0.39, 0.29) is 38.5 Å². The molecule has 0 aromatic heterocycles. The van der Waals surface area contributed by atoms with Gasteiger partial charge in [0.25, 0.3) is 40.5 Å². The summed E-state index contributed by atoms with van der Waals surface area (Å²) in [4.78, 5) is 0. The minimum Gasteiger partial charge on any atom is -0.285 e. The zero-order valence-corrected chi connectivity index (χ0v) is 24.0. The van der Waals surface area contributed by atoms with Gasteiger partial charge in [-0.1, -0.05) is 40.5 Å². The average Bonchev–Trinajstić information content (AvgIpc) is 2.69. The first-order chi connectivity index (χ1) is 15.9. The maximum absolute atomic E-state index is 12.0. The summed E-state index contributed by atoms with van der Waals surface area (Å²) in [6, 6.07) is 0. The fourth-order valence-corrected chi connectivity index (χ4v) is 8.41. The third-order valence-corrected chi connectivity index (χ3v) is 11.5. The van der Waals surface area contributed by atoms with E-state index in [1.807, 2.05) is 0 Å². The maximum Gasteiger partial charge on any atom is 0.269 e. The lowest BCUT2D eigenvalue weighted by Gasteiger charge is -2.22. The fraction of sp³-hybridized carbons (Fsp3) is 1.00. The summed E-state index contributed by atoms with van der Waals surface area (Å²) < 4.78 is 122. The topological polar surface area (TPSA) is 195 Å². The summed E-state index contributed by atoms with van der Waals surface area (Å²) in [6.45, 7) is 5.63. The highest BCUT2D eigenvalue weighted by molar-refractivity contribution is 7.87. The summed E-state index contributed by atoms with van der Waals surface area (Å²) in [7, 11) is -16.8. The van der Waals surface area contributed by atoms with Gasteiger partial charge < -0.3 is 0 Å². The molecule has 212 valence electrons. The highest BCUT2D eigenvalue weighted by Gasteiger charge is 2.30. The van der Waals surface area contributed by atoms with Crippen LogP contribution in [0.15, 0.2) is 0 Å². The van der Waals surface area contributed by atoms with E-state index in [1.54, 1.807) is 27.7 Å². The molecular weight excluding hydrogens is 548 g/mol. The molecule has 0 rings (SSSR count). The second-order valence-electron chi connectivity index (χ2n) is 8.42. The van der Waals surface area contributed by atoms with Gasteiger partial charge in [0, 0.05) is 0 Å². The van der Waals surface area contributed by atoms with Gasteiger partial charge in [-0.2, -0.15) is 33.7 Å². The Bertz CT molecular complexity index is 949. The molecule has 0 saturated heterocycles. The van der Waals surface area contributed by atoms with Crippen molar-refractivity contribution in [2.45, 2.75) is 89.6 Å². The largest absolute Gasteiger partial charge is 0.285 e. The first-order valence-corrected chi connectivity index (χ1v) is 17.8. The quantitative estimate of drug-likeness (QED) is 0.120. The average molecular weight is 589 g/mol. The summed E-state index contributed by atoms with van der Waals surface area (Å²) in [5, 5.41) is -2.00. The molecule has 0 fully saturated rings. The summed E-state index contributed by atoms with van der Waals surface area (Å²) in [5.74, 6) is -1.86. The standard InChI is InChI=1S/C19H40O12S4/c1-5-16(18(7-3)34(24,25)26)11-9-13-32(20,21)30-15-31-33(22,23)14-10-12-17(6-2)19(8-4)35(27,28)29/h16-19H,5-15H2,1-4H3,(H,24,25,26)(H,27,28,29). The smallest absolute Gasteiger partial charge is 0.269 e. The Balaban J connectivity index is 4.65. The molecule has 35 heavy (non-hydrogen) atoms. The van der Waals surface area contributed by atoms with Crippen LogP contribution in [0.3, 0.4) is 0 Å². The number of rotatable bonds is 20. The Morgan fingerprint density at radius 1 is 0.571 bits per heavy atom. The Morgan fingerprint density at radius 2 is 0.886 bits per heavy atom. The van der Waals surface area contributed by atoms with Gasteiger partial charge in [-0.15, -0.1) is 0 Å². The minimum absolute atomic E-state index is 0.0460. The lowest BCUT2D eigenvalue weighted by Crippen LogP contribution is -2.29. The van der Waals surface area contributed by atoms with Crippen LogP contribution in [-0.4, -0.2) is 71.6 Å². The first-order valence-electron chi connectivity index (χ1n) is 11.6. The molecule has 0 aliphatic carbocycles. The van der Waals surface area contributed by atoms with E-state index in [0.717, 1.165) is 0 Å². The minimum atomic E-state index is -4.26. The highest BCUT2D eigenvalue weighted by atomic mass is 32.2. The van der Waals surface area contributed by atoms with Crippen molar-refractivity contribution in [3.05, 3.63) is 0 Å². The van der Waals surface area contributed by atoms with E-state index < -0.39 is 81.1 Å². The lowest BCUT2D eigenvalue weighted by atomic mass is 9.95. The van der Waals surface area contributed by atoms with Crippen LogP contribution in [0.5, 0.6) is 0 Å². The van der Waals surface area contributed by atoms with Gasteiger partial charge in [0.15, 0.2) is 6.79 Å². The number of hydrogen-bond donors (Lipinski definition) is 2. The normalized spacial score (nSPS) is 17.1. The monoisotopic (exact) mass is 588 g/mol. The van der Waals surface area contributed by atoms with Crippen molar-refractivity contribution < 1.29 is 51.1 Å². The van der Waals surface area contributed by atoms with Crippen LogP contribution in [0.2, 0.25) is 0 Å². The van der Waals surface area contributed by atoms with Gasteiger partial charge in [-0.3, -0.25) is 9.11 Å². The van der Waals surface area contributed by atoms with E-state index in [4.69, 9.17) is 0 Å². The van der Waals surface area contributed by atoms with Crippen molar-refractivity contribution in [2.75, 3.05) is 18.3 Å². The van der Waals surface area contributed by atoms with E-state index >= 15 is 0 Å². The molecule has 4 atom stereocenters. The molecule has 0 amide bonds. The molecule has 0 heterocycles. The molecule has 4 unspecified atom stereocenters. The third kappa shape index (κ3) is 13.7. The van der Waals surface area contributed by atoms with E-state index in [1.165, 1.54) is 0 Å². The molecule has 2 N–H and O–H groups in total. The SMILES string of the molecule is CCC(CCCS(=O)(=O)OCOS(=O)(=O)CCCC(CC)C(CC)S(=O)(=O)O)C(CC)S(=O)(=O)O. The molecule has 0 bridgehead atoms.